The van der Waals surface area contributed by atoms with Crippen LogP contribution in [0.1, 0.15) is 19.8 Å². The fourth-order valence-electron chi connectivity index (χ4n) is 1.17. The molecular weight excluding hydrogens is 240 g/mol. The Morgan fingerprint density at radius 1 is 1.71 bits per heavy atom. The monoisotopic (exact) mass is 252 g/mol. The van der Waals surface area contributed by atoms with E-state index in [1.165, 1.54) is 0 Å². The van der Waals surface area contributed by atoms with Crippen LogP contribution in [0.5, 0.6) is 0 Å². The number of anilines is 1. The van der Waals surface area contributed by atoms with Gasteiger partial charge in [0.05, 0.1) is 16.2 Å². The molecule has 1 aromatic heterocycles. The minimum Gasteiger partial charge on any atom is -0.371 e. The van der Waals surface area contributed by atoms with E-state index in [-0.39, 0.29) is 6.04 Å². The minimum absolute atomic E-state index is 0.0960. The third-order valence-corrected chi connectivity index (χ3v) is 2.51. The Morgan fingerprint density at radius 2 is 2.50 bits per heavy atom. The summed E-state index contributed by atoms with van der Waals surface area (Å²) in [5.41, 5.74) is 0.997. The van der Waals surface area contributed by atoms with Crippen molar-refractivity contribution < 1.29 is 0 Å². The van der Waals surface area contributed by atoms with Crippen LogP contribution in [-0.2, 0) is 0 Å². The number of aromatic nitrogens is 1. The molecule has 1 heterocycles. The molecule has 0 aliphatic rings. The van der Waals surface area contributed by atoms with Gasteiger partial charge in [-0.1, -0.05) is 19.3 Å². The molecule has 14 heavy (non-hydrogen) atoms. The summed E-state index contributed by atoms with van der Waals surface area (Å²) >= 11 is 3.41. The van der Waals surface area contributed by atoms with E-state index in [1.807, 2.05) is 6.07 Å². The first-order chi connectivity index (χ1) is 6.77. The van der Waals surface area contributed by atoms with Gasteiger partial charge in [-0.05, 0) is 28.4 Å². The van der Waals surface area contributed by atoms with Crippen LogP contribution in [0, 0.1) is 12.3 Å². The van der Waals surface area contributed by atoms with E-state index in [2.05, 4.69) is 39.1 Å². The molecular formula is C11H13BrN2. The van der Waals surface area contributed by atoms with Crippen LogP contribution in [0.2, 0.25) is 0 Å². The molecule has 0 fully saturated rings. The molecule has 0 bridgehead atoms. The van der Waals surface area contributed by atoms with Crippen LogP contribution in [0.25, 0.3) is 0 Å². The fraction of sp³-hybridized carbons (Fsp3) is 0.364. The average Bonchev–Trinajstić information content (AvgIpc) is 2.20. The summed E-state index contributed by atoms with van der Waals surface area (Å²) < 4.78 is 0.941. The Balaban J connectivity index is 2.68. The second-order valence-corrected chi connectivity index (χ2v) is 3.86. The van der Waals surface area contributed by atoms with Crippen molar-refractivity contribution in [2.45, 2.75) is 25.8 Å². The molecule has 2 nitrogen and oxygen atoms in total. The normalized spacial score (nSPS) is 11.8. The van der Waals surface area contributed by atoms with Gasteiger partial charge in [0, 0.05) is 12.4 Å². The van der Waals surface area contributed by atoms with Crippen molar-refractivity contribution in [1.29, 1.82) is 0 Å². The van der Waals surface area contributed by atoms with Crippen molar-refractivity contribution in [1.82, 2.24) is 4.98 Å². The van der Waals surface area contributed by atoms with Gasteiger partial charge >= 0.3 is 0 Å². The zero-order chi connectivity index (χ0) is 10.4. The van der Waals surface area contributed by atoms with Crippen LogP contribution >= 0.6 is 15.9 Å². The first-order valence-corrected chi connectivity index (χ1v) is 5.39. The van der Waals surface area contributed by atoms with Crippen molar-refractivity contribution in [2.24, 2.45) is 0 Å². The highest BCUT2D eigenvalue weighted by atomic mass is 79.9. The second kappa shape index (κ2) is 5.66. The number of terminal acetylenes is 1. The maximum absolute atomic E-state index is 5.41. The summed E-state index contributed by atoms with van der Waals surface area (Å²) in [6.07, 6.45) is 11.0. The van der Waals surface area contributed by atoms with E-state index >= 15 is 0 Å². The summed E-state index contributed by atoms with van der Waals surface area (Å²) in [5.74, 6) is 2.73. The van der Waals surface area contributed by atoms with Crippen LogP contribution in [0.3, 0.4) is 0 Å². The third kappa shape index (κ3) is 3.04. The Kier molecular flexibility index (Phi) is 4.48. The quantitative estimate of drug-likeness (QED) is 0.834. The predicted molar refractivity (Wildman–Crippen MR) is 63.1 cm³/mol. The first kappa shape index (κ1) is 11.1. The Morgan fingerprint density at radius 3 is 3.07 bits per heavy atom. The Bertz CT molecular complexity index is 330. The summed E-state index contributed by atoms with van der Waals surface area (Å²) in [6.45, 7) is 2.12. The zero-order valence-corrected chi connectivity index (χ0v) is 9.71. The Hall–Kier alpha value is -1.01. The Labute approximate surface area is 93.3 Å². The fourth-order valence-corrected chi connectivity index (χ4v) is 1.53. The SMILES string of the molecule is C#CC(CCC)Nc1ccncc1Br. The molecule has 0 spiro atoms. The van der Waals surface area contributed by atoms with E-state index in [0.29, 0.717) is 0 Å². The van der Waals surface area contributed by atoms with Gasteiger partial charge in [0.15, 0.2) is 0 Å². The molecule has 0 aliphatic carbocycles. The van der Waals surface area contributed by atoms with E-state index < -0.39 is 0 Å². The lowest BCUT2D eigenvalue weighted by molar-refractivity contribution is 0.755. The maximum Gasteiger partial charge on any atom is 0.0874 e. The van der Waals surface area contributed by atoms with Gasteiger partial charge in [-0.15, -0.1) is 6.42 Å². The molecule has 0 aromatic carbocycles. The lowest BCUT2D eigenvalue weighted by atomic mass is 10.2. The molecule has 1 atom stereocenters. The molecule has 0 saturated heterocycles. The molecule has 3 heteroatoms. The molecule has 1 rings (SSSR count). The lowest BCUT2D eigenvalue weighted by Gasteiger charge is -2.14. The molecule has 1 unspecified atom stereocenters. The van der Waals surface area contributed by atoms with Crippen molar-refractivity contribution in [3.63, 3.8) is 0 Å². The molecule has 74 valence electrons. The van der Waals surface area contributed by atoms with Gasteiger partial charge in [0.25, 0.3) is 0 Å². The van der Waals surface area contributed by atoms with Gasteiger partial charge in [0.2, 0.25) is 0 Å². The molecule has 0 amide bonds. The van der Waals surface area contributed by atoms with Gasteiger partial charge in [0.1, 0.15) is 0 Å². The molecule has 1 aromatic rings. The zero-order valence-electron chi connectivity index (χ0n) is 8.13. The van der Waals surface area contributed by atoms with E-state index in [1.54, 1.807) is 12.4 Å². The topological polar surface area (TPSA) is 24.9 Å². The van der Waals surface area contributed by atoms with Crippen LogP contribution < -0.4 is 5.32 Å². The van der Waals surface area contributed by atoms with Gasteiger partial charge in [-0.2, -0.15) is 0 Å². The van der Waals surface area contributed by atoms with Crippen LogP contribution in [-0.4, -0.2) is 11.0 Å². The molecule has 1 N–H and O–H groups in total. The number of hydrogen-bond acceptors (Lipinski definition) is 2. The number of nitrogens with one attached hydrogen (secondary N) is 1. The van der Waals surface area contributed by atoms with E-state index in [0.717, 1.165) is 23.0 Å². The number of hydrogen-bond donors (Lipinski definition) is 1. The molecule has 0 aliphatic heterocycles. The summed E-state index contributed by atoms with van der Waals surface area (Å²) in [4.78, 5) is 3.99. The predicted octanol–water partition coefficient (Wildman–Crippen LogP) is 3.06. The van der Waals surface area contributed by atoms with Crippen LogP contribution in [0.15, 0.2) is 22.9 Å². The lowest BCUT2D eigenvalue weighted by Crippen LogP contribution is -2.16. The highest BCUT2D eigenvalue weighted by molar-refractivity contribution is 9.10. The summed E-state index contributed by atoms with van der Waals surface area (Å²) in [7, 11) is 0. The molecule has 0 radical (unpaired) electrons. The standard InChI is InChI=1S/C11H13BrN2/c1-3-5-9(4-2)14-11-6-7-13-8-10(11)12/h2,6-9H,3,5H2,1H3,(H,13,14). The van der Waals surface area contributed by atoms with Crippen molar-refractivity contribution in [3.8, 4) is 12.3 Å². The number of rotatable bonds is 4. The van der Waals surface area contributed by atoms with Gasteiger partial charge in [-0.25, -0.2) is 0 Å². The smallest absolute Gasteiger partial charge is 0.0874 e. The molecule has 0 saturated carbocycles. The highest BCUT2D eigenvalue weighted by Crippen LogP contribution is 2.21. The summed E-state index contributed by atoms with van der Waals surface area (Å²) in [6, 6.07) is 2.00. The van der Waals surface area contributed by atoms with Crippen molar-refractivity contribution in [2.75, 3.05) is 5.32 Å². The van der Waals surface area contributed by atoms with E-state index in [9.17, 15) is 0 Å². The minimum atomic E-state index is 0.0960. The largest absolute Gasteiger partial charge is 0.371 e. The first-order valence-electron chi connectivity index (χ1n) is 4.60. The second-order valence-electron chi connectivity index (χ2n) is 3.01. The van der Waals surface area contributed by atoms with Crippen molar-refractivity contribution in [3.05, 3.63) is 22.9 Å². The van der Waals surface area contributed by atoms with Gasteiger partial charge in [-0.3, -0.25) is 4.98 Å². The highest BCUT2D eigenvalue weighted by Gasteiger charge is 2.05. The number of halogens is 1. The maximum atomic E-state index is 5.41. The van der Waals surface area contributed by atoms with Crippen LogP contribution in [0.4, 0.5) is 5.69 Å². The van der Waals surface area contributed by atoms with E-state index in [4.69, 9.17) is 6.42 Å². The summed E-state index contributed by atoms with van der Waals surface area (Å²) in [5, 5.41) is 3.27. The van der Waals surface area contributed by atoms with Crippen molar-refractivity contribution >= 4 is 21.6 Å². The number of pyridine rings is 1. The van der Waals surface area contributed by atoms with Gasteiger partial charge < -0.3 is 5.32 Å². The average molecular weight is 253 g/mol. The number of nitrogens with zero attached hydrogens (tertiary/aromatic N) is 1. The third-order valence-electron chi connectivity index (χ3n) is 1.88.